The molecule has 0 aromatic carbocycles. The van der Waals surface area contributed by atoms with Crippen LogP contribution in [0.1, 0.15) is 29.8 Å². The van der Waals surface area contributed by atoms with Crippen LogP contribution in [0.3, 0.4) is 0 Å². The summed E-state index contributed by atoms with van der Waals surface area (Å²) in [6.45, 7) is 3.60. The molecular weight excluding hydrogens is 180 g/mol. The van der Waals surface area contributed by atoms with Crippen LogP contribution in [0, 0.1) is 0 Å². The van der Waals surface area contributed by atoms with Gasteiger partial charge in [0, 0.05) is 23.4 Å². The molecule has 76 valence electrons. The normalized spacial score (nSPS) is 11.4. The Kier molecular flexibility index (Phi) is 2.86. The Bertz CT molecular complexity index is 348. The average Bonchev–Trinajstić information content (AvgIpc) is 2.18. The van der Waals surface area contributed by atoms with Gasteiger partial charge >= 0.3 is 0 Å². The first kappa shape index (κ1) is 10.7. The quantitative estimate of drug-likeness (QED) is 0.733. The number of hydrogen-bond acceptors (Lipinski definition) is 3. The summed E-state index contributed by atoms with van der Waals surface area (Å²) in [6, 6.07) is 1.56. The van der Waals surface area contributed by atoms with E-state index in [1.165, 1.54) is 6.20 Å². The summed E-state index contributed by atoms with van der Waals surface area (Å²) in [4.78, 5) is 15.0. The van der Waals surface area contributed by atoms with Gasteiger partial charge in [0.2, 0.25) is 5.91 Å². The summed E-state index contributed by atoms with van der Waals surface area (Å²) in [5, 5.41) is 9.17. The summed E-state index contributed by atoms with van der Waals surface area (Å²) in [5.74, 6) is -0.496. The number of carbonyl (C=O) groups excluding carboxylic acids is 1. The van der Waals surface area contributed by atoms with E-state index in [2.05, 4.69) is 4.98 Å². The van der Waals surface area contributed by atoms with Gasteiger partial charge in [-0.05, 0) is 11.6 Å². The van der Waals surface area contributed by atoms with Gasteiger partial charge in [-0.15, -0.1) is 0 Å². The number of hydrogen-bond donors (Lipinski definition) is 2. The number of pyridine rings is 1. The van der Waals surface area contributed by atoms with Crippen LogP contribution in [0.4, 0.5) is 0 Å². The molecule has 0 atom stereocenters. The summed E-state index contributed by atoms with van der Waals surface area (Å²) in [6.07, 6.45) is 3.08. The molecular formula is C10H14N2O2. The van der Waals surface area contributed by atoms with Crippen LogP contribution in [-0.4, -0.2) is 22.6 Å². The van der Waals surface area contributed by atoms with E-state index in [1.807, 2.05) is 13.8 Å². The van der Waals surface area contributed by atoms with Crippen molar-refractivity contribution in [3.8, 4) is 0 Å². The van der Waals surface area contributed by atoms with Crippen LogP contribution < -0.4 is 5.73 Å². The van der Waals surface area contributed by atoms with E-state index in [0.717, 1.165) is 0 Å². The van der Waals surface area contributed by atoms with E-state index in [1.54, 1.807) is 12.3 Å². The van der Waals surface area contributed by atoms with E-state index in [9.17, 15) is 9.90 Å². The SMILES string of the molecule is CC(C)(CO)c1cnccc1C(N)=O. The molecule has 0 aliphatic rings. The van der Waals surface area contributed by atoms with Crippen molar-refractivity contribution in [2.24, 2.45) is 5.73 Å². The van der Waals surface area contributed by atoms with E-state index in [4.69, 9.17) is 5.73 Å². The van der Waals surface area contributed by atoms with Crippen LogP contribution in [0.2, 0.25) is 0 Å². The van der Waals surface area contributed by atoms with Crippen molar-refractivity contribution in [1.29, 1.82) is 0 Å². The van der Waals surface area contributed by atoms with Gasteiger partial charge < -0.3 is 10.8 Å². The highest BCUT2D eigenvalue weighted by atomic mass is 16.3. The second kappa shape index (κ2) is 3.75. The molecule has 1 amide bonds. The Labute approximate surface area is 82.8 Å². The molecule has 0 bridgehead atoms. The largest absolute Gasteiger partial charge is 0.395 e. The minimum Gasteiger partial charge on any atom is -0.395 e. The third kappa shape index (κ3) is 1.90. The van der Waals surface area contributed by atoms with Gasteiger partial charge in [0.25, 0.3) is 0 Å². The minimum absolute atomic E-state index is 0.0566. The minimum atomic E-state index is -0.501. The van der Waals surface area contributed by atoms with Gasteiger partial charge in [0.15, 0.2) is 0 Å². The van der Waals surface area contributed by atoms with Gasteiger partial charge in [-0.1, -0.05) is 13.8 Å². The van der Waals surface area contributed by atoms with Crippen LogP contribution in [0.25, 0.3) is 0 Å². The first-order chi connectivity index (χ1) is 6.49. The van der Waals surface area contributed by atoms with Crippen LogP contribution in [0.5, 0.6) is 0 Å². The first-order valence-corrected chi connectivity index (χ1v) is 4.34. The highest BCUT2D eigenvalue weighted by molar-refractivity contribution is 5.94. The standard InChI is InChI=1S/C10H14N2O2/c1-10(2,6-13)8-5-12-4-3-7(8)9(11)14/h3-5,13H,6H2,1-2H3,(H2,11,14). The van der Waals surface area contributed by atoms with Crippen molar-refractivity contribution < 1.29 is 9.90 Å². The Morgan fingerprint density at radius 2 is 2.29 bits per heavy atom. The maximum atomic E-state index is 11.1. The molecule has 0 unspecified atom stereocenters. The number of aromatic nitrogens is 1. The fraction of sp³-hybridized carbons (Fsp3) is 0.400. The van der Waals surface area contributed by atoms with E-state index in [0.29, 0.717) is 11.1 Å². The zero-order valence-corrected chi connectivity index (χ0v) is 8.32. The summed E-state index contributed by atoms with van der Waals surface area (Å²) in [5.41, 5.74) is 5.81. The number of carbonyl (C=O) groups is 1. The van der Waals surface area contributed by atoms with Gasteiger partial charge in [-0.25, -0.2) is 0 Å². The molecule has 0 aliphatic carbocycles. The second-order valence-corrected chi connectivity index (χ2v) is 3.83. The van der Waals surface area contributed by atoms with Crippen molar-refractivity contribution in [2.75, 3.05) is 6.61 Å². The first-order valence-electron chi connectivity index (χ1n) is 4.34. The summed E-state index contributed by atoms with van der Waals surface area (Å²) >= 11 is 0. The van der Waals surface area contributed by atoms with Crippen molar-refractivity contribution in [3.05, 3.63) is 29.6 Å². The number of amides is 1. The summed E-state index contributed by atoms with van der Waals surface area (Å²) < 4.78 is 0. The van der Waals surface area contributed by atoms with E-state index in [-0.39, 0.29) is 6.61 Å². The van der Waals surface area contributed by atoms with E-state index < -0.39 is 11.3 Å². The Morgan fingerprint density at radius 1 is 1.64 bits per heavy atom. The maximum Gasteiger partial charge on any atom is 0.249 e. The number of nitrogens with zero attached hydrogens (tertiary/aromatic N) is 1. The number of nitrogens with two attached hydrogens (primary N) is 1. The molecule has 1 aromatic heterocycles. The maximum absolute atomic E-state index is 11.1. The lowest BCUT2D eigenvalue weighted by molar-refractivity contribution is 0.0996. The number of aliphatic hydroxyl groups excluding tert-OH is 1. The molecule has 0 radical (unpaired) electrons. The molecule has 0 saturated heterocycles. The molecule has 1 heterocycles. The average molecular weight is 194 g/mol. The zero-order valence-electron chi connectivity index (χ0n) is 8.32. The van der Waals surface area contributed by atoms with E-state index >= 15 is 0 Å². The Balaban J connectivity index is 3.27. The fourth-order valence-corrected chi connectivity index (χ4v) is 1.23. The monoisotopic (exact) mass is 194 g/mol. The Hall–Kier alpha value is -1.42. The van der Waals surface area contributed by atoms with Crippen LogP contribution >= 0.6 is 0 Å². The fourth-order valence-electron chi connectivity index (χ4n) is 1.23. The molecule has 4 heteroatoms. The molecule has 14 heavy (non-hydrogen) atoms. The molecule has 0 fully saturated rings. The van der Waals surface area contributed by atoms with Gasteiger partial charge in [0.05, 0.1) is 6.61 Å². The third-order valence-corrected chi connectivity index (χ3v) is 2.21. The third-order valence-electron chi connectivity index (χ3n) is 2.21. The predicted octanol–water partition coefficient (Wildman–Crippen LogP) is 0.450. The lowest BCUT2D eigenvalue weighted by Gasteiger charge is -2.23. The van der Waals surface area contributed by atoms with Crippen molar-refractivity contribution in [3.63, 3.8) is 0 Å². The number of rotatable bonds is 3. The molecule has 1 rings (SSSR count). The van der Waals surface area contributed by atoms with Crippen molar-refractivity contribution >= 4 is 5.91 Å². The molecule has 3 N–H and O–H groups in total. The molecule has 0 aliphatic heterocycles. The van der Waals surface area contributed by atoms with Gasteiger partial charge in [-0.2, -0.15) is 0 Å². The summed E-state index contributed by atoms with van der Waals surface area (Å²) in [7, 11) is 0. The second-order valence-electron chi connectivity index (χ2n) is 3.83. The number of primary amides is 1. The van der Waals surface area contributed by atoms with Crippen molar-refractivity contribution in [1.82, 2.24) is 4.98 Å². The van der Waals surface area contributed by atoms with Gasteiger partial charge in [0.1, 0.15) is 0 Å². The highest BCUT2D eigenvalue weighted by Gasteiger charge is 2.24. The number of aliphatic hydroxyl groups is 1. The predicted molar refractivity (Wildman–Crippen MR) is 52.9 cm³/mol. The lowest BCUT2D eigenvalue weighted by Crippen LogP contribution is -2.27. The van der Waals surface area contributed by atoms with Crippen LogP contribution in [0.15, 0.2) is 18.5 Å². The van der Waals surface area contributed by atoms with Crippen molar-refractivity contribution in [2.45, 2.75) is 19.3 Å². The molecule has 4 nitrogen and oxygen atoms in total. The lowest BCUT2D eigenvalue weighted by atomic mass is 9.83. The Morgan fingerprint density at radius 3 is 2.79 bits per heavy atom. The van der Waals surface area contributed by atoms with Gasteiger partial charge in [-0.3, -0.25) is 9.78 Å². The zero-order chi connectivity index (χ0) is 10.8. The highest BCUT2D eigenvalue weighted by Crippen LogP contribution is 2.24. The molecule has 0 saturated carbocycles. The topological polar surface area (TPSA) is 76.2 Å². The smallest absolute Gasteiger partial charge is 0.249 e. The molecule has 0 spiro atoms. The molecule has 1 aromatic rings. The van der Waals surface area contributed by atoms with Crippen LogP contribution in [-0.2, 0) is 5.41 Å².